The average molecular weight is 400 g/mol. The first-order valence-corrected chi connectivity index (χ1v) is 10.9. The third-order valence-corrected chi connectivity index (χ3v) is 6.44. The van der Waals surface area contributed by atoms with E-state index >= 15 is 0 Å². The van der Waals surface area contributed by atoms with Crippen LogP contribution in [0.4, 0.5) is 0 Å². The molecule has 1 unspecified atom stereocenters. The molecule has 0 aromatic carbocycles. The van der Waals surface area contributed by atoms with E-state index < -0.39 is 0 Å². The maximum atomic E-state index is 13.4. The van der Waals surface area contributed by atoms with Crippen molar-refractivity contribution in [2.24, 2.45) is 0 Å². The summed E-state index contributed by atoms with van der Waals surface area (Å²) in [7, 11) is 4.27. The zero-order valence-corrected chi connectivity index (χ0v) is 17.9. The Bertz CT molecular complexity index is 829. The van der Waals surface area contributed by atoms with Gasteiger partial charge in [-0.2, -0.15) is 5.10 Å². The van der Waals surface area contributed by atoms with Gasteiger partial charge in [0.1, 0.15) is 5.76 Å². The van der Waals surface area contributed by atoms with Crippen LogP contribution < -0.4 is 0 Å². The van der Waals surface area contributed by atoms with Crippen LogP contribution in [0.15, 0.2) is 22.8 Å². The molecule has 7 nitrogen and oxygen atoms in total. The molecule has 2 aromatic rings. The molecule has 1 aliphatic heterocycles. The maximum absolute atomic E-state index is 13.4. The zero-order valence-electron chi connectivity index (χ0n) is 17.9. The second kappa shape index (κ2) is 8.71. The molecule has 3 heterocycles. The number of furan rings is 1. The van der Waals surface area contributed by atoms with E-state index in [1.165, 1.54) is 5.69 Å². The van der Waals surface area contributed by atoms with Crippen LogP contribution in [-0.2, 0) is 25.9 Å². The van der Waals surface area contributed by atoms with Gasteiger partial charge >= 0.3 is 0 Å². The van der Waals surface area contributed by atoms with Gasteiger partial charge in [-0.05, 0) is 65.4 Å². The van der Waals surface area contributed by atoms with Crippen molar-refractivity contribution in [1.82, 2.24) is 24.5 Å². The Labute approximate surface area is 173 Å². The molecular formula is C22H33N5O2. The van der Waals surface area contributed by atoms with E-state index in [1.54, 1.807) is 6.26 Å². The smallest absolute Gasteiger partial charge is 0.274 e. The minimum atomic E-state index is 0.109. The zero-order chi connectivity index (χ0) is 20.4. The third-order valence-electron chi connectivity index (χ3n) is 6.44. The first kappa shape index (κ1) is 20.2. The standard InChI is InChI=1S/C22H33N5O2/c1-4-27-20-9-8-17(25(3)16-18-7-5-14-29-18)15-19(20)21(23-27)22(28)26-11-6-10-24(2)12-13-26/h5,7,14,17H,4,6,8-13,15-16H2,1-3H3. The van der Waals surface area contributed by atoms with Crippen molar-refractivity contribution >= 4 is 5.91 Å². The van der Waals surface area contributed by atoms with Gasteiger partial charge in [-0.15, -0.1) is 0 Å². The highest BCUT2D eigenvalue weighted by Crippen LogP contribution is 2.29. The molecule has 1 atom stereocenters. The Morgan fingerprint density at radius 3 is 2.93 bits per heavy atom. The number of aryl methyl sites for hydroxylation is 1. The monoisotopic (exact) mass is 399 g/mol. The number of nitrogens with zero attached hydrogens (tertiary/aromatic N) is 5. The summed E-state index contributed by atoms with van der Waals surface area (Å²) < 4.78 is 7.58. The van der Waals surface area contributed by atoms with Gasteiger partial charge in [0.15, 0.2) is 5.69 Å². The molecule has 7 heteroatoms. The number of amides is 1. The van der Waals surface area contributed by atoms with Gasteiger partial charge in [-0.1, -0.05) is 0 Å². The van der Waals surface area contributed by atoms with Crippen molar-refractivity contribution in [3.63, 3.8) is 0 Å². The Balaban J connectivity index is 1.54. The highest BCUT2D eigenvalue weighted by Gasteiger charge is 2.32. The normalized spacial score (nSPS) is 20.7. The fourth-order valence-electron chi connectivity index (χ4n) is 4.66. The number of likely N-dealkylation sites (N-methyl/N-ethyl adjacent to an activating group) is 2. The molecule has 1 amide bonds. The predicted octanol–water partition coefficient (Wildman–Crippen LogP) is 2.26. The lowest BCUT2D eigenvalue weighted by molar-refractivity contribution is 0.0754. The summed E-state index contributed by atoms with van der Waals surface area (Å²) >= 11 is 0. The molecular weight excluding hydrogens is 366 g/mol. The highest BCUT2D eigenvalue weighted by molar-refractivity contribution is 5.94. The van der Waals surface area contributed by atoms with E-state index in [0.717, 1.165) is 76.3 Å². The first-order valence-electron chi connectivity index (χ1n) is 10.9. The van der Waals surface area contributed by atoms with Crippen LogP contribution in [0.3, 0.4) is 0 Å². The summed E-state index contributed by atoms with van der Waals surface area (Å²) in [6.07, 6.45) is 5.68. The molecule has 0 N–H and O–H groups in total. The van der Waals surface area contributed by atoms with Gasteiger partial charge in [0.25, 0.3) is 5.91 Å². The van der Waals surface area contributed by atoms with Crippen LogP contribution in [0.2, 0.25) is 0 Å². The van der Waals surface area contributed by atoms with Gasteiger partial charge in [-0.3, -0.25) is 14.4 Å². The van der Waals surface area contributed by atoms with E-state index in [4.69, 9.17) is 9.52 Å². The summed E-state index contributed by atoms with van der Waals surface area (Å²) in [6.45, 7) is 7.28. The van der Waals surface area contributed by atoms with E-state index in [1.807, 2.05) is 17.0 Å². The summed E-state index contributed by atoms with van der Waals surface area (Å²) in [5.41, 5.74) is 3.10. The van der Waals surface area contributed by atoms with Crippen molar-refractivity contribution in [3.05, 3.63) is 41.1 Å². The molecule has 0 spiro atoms. The minimum Gasteiger partial charge on any atom is -0.468 e. The van der Waals surface area contributed by atoms with Crippen LogP contribution in [0.25, 0.3) is 0 Å². The second-order valence-electron chi connectivity index (χ2n) is 8.43. The lowest BCUT2D eigenvalue weighted by atomic mass is 9.90. The summed E-state index contributed by atoms with van der Waals surface area (Å²) in [6, 6.07) is 4.34. The fourth-order valence-corrected chi connectivity index (χ4v) is 4.66. The summed E-state index contributed by atoms with van der Waals surface area (Å²) in [5.74, 6) is 1.09. The number of carbonyl (C=O) groups is 1. The van der Waals surface area contributed by atoms with Gasteiger partial charge in [-0.25, -0.2) is 0 Å². The van der Waals surface area contributed by atoms with Crippen molar-refractivity contribution in [2.45, 2.75) is 51.7 Å². The summed E-state index contributed by atoms with van der Waals surface area (Å²) in [5, 5.41) is 4.78. The van der Waals surface area contributed by atoms with Crippen LogP contribution in [0, 0.1) is 0 Å². The largest absolute Gasteiger partial charge is 0.468 e. The Hall–Kier alpha value is -2.12. The van der Waals surface area contributed by atoms with E-state index in [-0.39, 0.29) is 5.91 Å². The van der Waals surface area contributed by atoms with E-state index in [2.05, 4.69) is 35.5 Å². The van der Waals surface area contributed by atoms with Gasteiger partial charge in [0.05, 0.1) is 12.8 Å². The second-order valence-corrected chi connectivity index (χ2v) is 8.43. The first-order chi connectivity index (χ1) is 14.1. The molecule has 158 valence electrons. The van der Waals surface area contributed by atoms with Crippen LogP contribution >= 0.6 is 0 Å². The van der Waals surface area contributed by atoms with Crippen molar-refractivity contribution in [3.8, 4) is 0 Å². The molecule has 1 fully saturated rings. The molecule has 1 aliphatic carbocycles. The van der Waals surface area contributed by atoms with E-state index in [0.29, 0.717) is 11.7 Å². The average Bonchev–Trinajstić information content (AvgIpc) is 3.31. The number of rotatable bonds is 5. The number of hydrogen-bond donors (Lipinski definition) is 0. The predicted molar refractivity (Wildman–Crippen MR) is 112 cm³/mol. The van der Waals surface area contributed by atoms with Crippen LogP contribution in [0.1, 0.15) is 47.3 Å². The van der Waals surface area contributed by atoms with Crippen LogP contribution in [0.5, 0.6) is 0 Å². The van der Waals surface area contributed by atoms with E-state index in [9.17, 15) is 4.79 Å². The molecule has 2 aromatic heterocycles. The molecule has 1 saturated heterocycles. The Morgan fingerprint density at radius 2 is 2.17 bits per heavy atom. The molecule has 0 radical (unpaired) electrons. The van der Waals surface area contributed by atoms with Crippen molar-refractivity contribution < 1.29 is 9.21 Å². The van der Waals surface area contributed by atoms with Crippen molar-refractivity contribution in [1.29, 1.82) is 0 Å². The molecule has 29 heavy (non-hydrogen) atoms. The quantitative estimate of drug-likeness (QED) is 0.772. The maximum Gasteiger partial charge on any atom is 0.274 e. The molecule has 0 bridgehead atoms. The van der Waals surface area contributed by atoms with Gasteiger partial charge in [0, 0.05) is 43.5 Å². The SMILES string of the molecule is CCn1nc(C(=O)N2CCCN(C)CC2)c2c1CCC(N(C)Cc1ccco1)C2. The number of hydrogen-bond acceptors (Lipinski definition) is 5. The Morgan fingerprint density at radius 1 is 1.31 bits per heavy atom. The molecule has 0 saturated carbocycles. The highest BCUT2D eigenvalue weighted by atomic mass is 16.3. The lowest BCUT2D eigenvalue weighted by Crippen LogP contribution is -2.38. The number of fused-ring (bicyclic) bond motifs is 1. The Kier molecular flexibility index (Phi) is 6.06. The number of carbonyl (C=O) groups excluding carboxylic acids is 1. The van der Waals surface area contributed by atoms with Gasteiger partial charge in [0.2, 0.25) is 0 Å². The van der Waals surface area contributed by atoms with Crippen molar-refractivity contribution in [2.75, 3.05) is 40.3 Å². The molecule has 2 aliphatic rings. The number of aromatic nitrogens is 2. The van der Waals surface area contributed by atoms with Gasteiger partial charge < -0.3 is 14.2 Å². The lowest BCUT2D eigenvalue weighted by Gasteiger charge is -2.31. The van der Waals surface area contributed by atoms with Crippen LogP contribution in [-0.4, -0.2) is 76.7 Å². The topological polar surface area (TPSA) is 57.8 Å². The minimum absolute atomic E-state index is 0.109. The third kappa shape index (κ3) is 4.26. The molecule has 4 rings (SSSR count). The summed E-state index contributed by atoms with van der Waals surface area (Å²) in [4.78, 5) is 20.0. The fraction of sp³-hybridized carbons (Fsp3) is 0.636.